The molecule has 1 fully saturated rings. The third kappa shape index (κ3) is 4.05. The summed E-state index contributed by atoms with van der Waals surface area (Å²) in [5.41, 5.74) is 1.02. The van der Waals surface area contributed by atoms with Crippen molar-refractivity contribution in [2.45, 2.75) is 24.7 Å². The smallest absolute Gasteiger partial charge is 0.243 e. The topological polar surface area (TPSA) is 79.4 Å². The average Bonchev–Trinajstić information content (AvgIpc) is 2.62. The van der Waals surface area contributed by atoms with E-state index in [0.29, 0.717) is 36.6 Å². The number of nitrogens with zero attached hydrogens (tertiary/aromatic N) is 2. The van der Waals surface area contributed by atoms with Crippen molar-refractivity contribution in [2.75, 3.05) is 18.4 Å². The predicted octanol–water partition coefficient (Wildman–Crippen LogP) is 2.43. The molecule has 2 heterocycles. The van der Waals surface area contributed by atoms with E-state index in [4.69, 9.17) is 0 Å². The molecule has 6 nitrogen and oxygen atoms in total. The lowest BCUT2D eigenvalue weighted by atomic mass is 9.97. The fourth-order valence-electron chi connectivity index (χ4n) is 2.93. The number of aryl methyl sites for hydroxylation is 1. The summed E-state index contributed by atoms with van der Waals surface area (Å²) in [6, 6.07) is 12.1. The molecule has 0 aliphatic carbocycles. The molecule has 132 valence electrons. The van der Waals surface area contributed by atoms with Crippen molar-refractivity contribution in [3.63, 3.8) is 0 Å². The van der Waals surface area contributed by atoms with Gasteiger partial charge < -0.3 is 5.32 Å². The maximum atomic E-state index is 12.6. The lowest BCUT2D eigenvalue weighted by Gasteiger charge is -2.30. The van der Waals surface area contributed by atoms with Crippen LogP contribution in [0.25, 0.3) is 0 Å². The zero-order valence-electron chi connectivity index (χ0n) is 14.1. The Balaban J connectivity index is 1.61. The van der Waals surface area contributed by atoms with E-state index < -0.39 is 10.0 Å². The minimum absolute atomic E-state index is 0.102. The second kappa shape index (κ2) is 7.33. The molecule has 1 saturated heterocycles. The van der Waals surface area contributed by atoms with Crippen molar-refractivity contribution in [3.05, 3.63) is 54.2 Å². The van der Waals surface area contributed by atoms with Gasteiger partial charge in [-0.3, -0.25) is 4.79 Å². The van der Waals surface area contributed by atoms with Crippen LogP contribution in [0.3, 0.4) is 0 Å². The molecule has 0 saturated carbocycles. The van der Waals surface area contributed by atoms with E-state index in [9.17, 15) is 13.2 Å². The van der Waals surface area contributed by atoms with Gasteiger partial charge in [-0.1, -0.05) is 18.2 Å². The molecule has 0 radical (unpaired) electrons. The number of amides is 1. The second-order valence-corrected chi connectivity index (χ2v) is 8.14. The number of sulfonamides is 1. The predicted molar refractivity (Wildman–Crippen MR) is 95.5 cm³/mol. The zero-order valence-corrected chi connectivity index (χ0v) is 14.9. The molecular formula is C18H21N3O3S. The minimum atomic E-state index is -3.49. The number of benzene rings is 1. The van der Waals surface area contributed by atoms with Crippen LogP contribution < -0.4 is 5.32 Å². The van der Waals surface area contributed by atoms with Gasteiger partial charge in [-0.05, 0) is 49.6 Å². The van der Waals surface area contributed by atoms with Crippen LogP contribution in [0.2, 0.25) is 0 Å². The summed E-state index contributed by atoms with van der Waals surface area (Å²) in [5.74, 6) is 0.226. The number of pyridine rings is 1. The fraction of sp³-hybridized carbons (Fsp3) is 0.333. The fourth-order valence-corrected chi connectivity index (χ4v) is 4.42. The van der Waals surface area contributed by atoms with Crippen LogP contribution in [0, 0.1) is 12.8 Å². The van der Waals surface area contributed by atoms with Crippen LogP contribution in [-0.4, -0.2) is 36.7 Å². The molecule has 1 aliphatic heterocycles. The number of rotatable bonds is 4. The van der Waals surface area contributed by atoms with Crippen LogP contribution in [0.4, 0.5) is 5.82 Å². The average molecular weight is 359 g/mol. The highest BCUT2D eigenvalue weighted by molar-refractivity contribution is 7.89. The Kier molecular flexibility index (Phi) is 5.15. The normalized spacial score (nSPS) is 16.5. The maximum Gasteiger partial charge on any atom is 0.243 e. The first-order valence-electron chi connectivity index (χ1n) is 8.25. The summed E-state index contributed by atoms with van der Waals surface area (Å²) in [7, 11) is -3.49. The van der Waals surface area contributed by atoms with Gasteiger partial charge in [-0.25, -0.2) is 13.4 Å². The van der Waals surface area contributed by atoms with Crippen LogP contribution in [0.15, 0.2) is 53.6 Å². The Morgan fingerprint density at radius 3 is 2.48 bits per heavy atom. The van der Waals surface area contributed by atoms with Gasteiger partial charge in [0, 0.05) is 25.2 Å². The Morgan fingerprint density at radius 1 is 1.16 bits per heavy atom. The third-order valence-corrected chi connectivity index (χ3v) is 6.29. The van der Waals surface area contributed by atoms with Gasteiger partial charge in [-0.15, -0.1) is 0 Å². The van der Waals surface area contributed by atoms with Crippen molar-refractivity contribution in [3.8, 4) is 0 Å². The number of carbonyl (C=O) groups is 1. The highest BCUT2D eigenvalue weighted by atomic mass is 32.2. The molecule has 2 aromatic rings. The first kappa shape index (κ1) is 17.6. The van der Waals surface area contributed by atoms with Crippen molar-refractivity contribution >= 4 is 21.7 Å². The van der Waals surface area contributed by atoms with Crippen molar-refractivity contribution < 1.29 is 13.2 Å². The quantitative estimate of drug-likeness (QED) is 0.909. The van der Waals surface area contributed by atoms with Gasteiger partial charge >= 0.3 is 0 Å². The highest BCUT2D eigenvalue weighted by Crippen LogP contribution is 2.24. The number of piperidine rings is 1. The third-order valence-electron chi connectivity index (χ3n) is 4.37. The van der Waals surface area contributed by atoms with E-state index in [-0.39, 0.29) is 11.8 Å². The lowest BCUT2D eigenvalue weighted by molar-refractivity contribution is -0.120. The summed E-state index contributed by atoms with van der Waals surface area (Å²) in [4.78, 5) is 16.8. The molecule has 0 unspecified atom stereocenters. The molecule has 1 N–H and O–H groups in total. The molecule has 0 bridgehead atoms. The van der Waals surface area contributed by atoms with E-state index in [0.717, 1.165) is 5.56 Å². The van der Waals surface area contributed by atoms with Gasteiger partial charge in [0.1, 0.15) is 5.82 Å². The number of aromatic nitrogens is 1. The van der Waals surface area contributed by atoms with E-state index in [2.05, 4.69) is 10.3 Å². The van der Waals surface area contributed by atoms with E-state index >= 15 is 0 Å². The maximum absolute atomic E-state index is 12.6. The second-order valence-electron chi connectivity index (χ2n) is 6.20. The monoisotopic (exact) mass is 359 g/mol. The van der Waals surface area contributed by atoms with Crippen molar-refractivity contribution in [2.24, 2.45) is 5.92 Å². The van der Waals surface area contributed by atoms with Gasteiger partial charge in [-0.2, -0.15) is 4.31 Å². The Morgan fingerprint density at radius 2 is 1.84 bits per heavy atom. The van der Waals surface area contributed by atoms with Crippen LogP contribution in [-0.2, 0) is 14.8 Å². The number of hydrogen-bond donors (Lipinski definition) is 1. The standard InChI is InChI=1S/C18H21N3O3S/c1-14-7-10-19-17(13-14)20-18(22)15-8-11-21(12-9-15)25(23,24)16-5-3-2-4-6-16/h2-7,10,13,15H,8-9,11-12H2,1H3,(H,19,20,22). The molecule has 25 heavy (non-hydrogen) atoms. The van der Waals surface area contributed by atoms with E-state index in [1.807, 2.05) is 19.1 Å². The van der Waals surface area contributed by atoms with Gasteiger partial charge in [0.2, 0.25) is 15.9 Å². The first-order chi connectivity index (χ1) is 12.0. The molecule has 1 amide bonds. The van der Waals surface area contributed by atoms with Gasteiger partial charge in [0.15, 0.2) is 0 Å². The molecule has 0 spiro atoms. The van der Waals surface area contributed by atoms with E-state index in [1.165, 1.54) is 4.31 Å². The van der Waals surface area contributed by atoms with E-state index in [1.54, 1.807) is 36.5 Å². The number of hydrogen-bond acceptors (Lipinski definition) is 4. The molecule has 1 aliphatic rings. The Hall–Kier alpha value is -2.25. The summed E-state index contributed by atoms with van der Waals surface area (Å²) >= 11 is 0. The molecule has 0 atom stereocenters. The minimum Gasteiger partial charge on any atom is -0.310 e. The van der Waals surface area contributed by atoms with Crippen LogP contribution in [0.5, 0.6) is 0 Å². The van der Waals surface area contributed by atoms with Crippen LogP contribution in [0.1, 0.15) is 18.4 Å². The SMILES string of the molecule is Cc1ccnc(NC(=O)C2CCN(S(=O)(=O)c3ccccc3)CC2)c1. The summed E-state index contributed by atoms with van der Waals surface area (Å²) in [6.45, 7) is 2.62. The summed E-state index contributed by atoms with van der Waals surface area (Å²) in [6.07, 6.45) is 2.66. The molecule has 1 aromatic carbocycles. The molecule has 3 rings (SSSR count). The number of nitrogens with one attached hydrogen (secondary N) is 1. The lowest BCUT2D eigenvalue weighted by Crippen LogP contribution is -2.41. The number of anilines is 1. The first-order valence-corrected chi connectivity index (χ1v) is 9.69. The van der Waals surface area contributed by atoms with Gasteiger partial charge in [0.05, 0.1) is 4.90 Å². The molecular weight excluding hydrogens is 338 g/mol. The van der Waals surface area contributed by atoms with Crippen molar-refractivity contribution in [1.29, 1.82) is 0 Å². The molecule has 7 heteroatoms. The summed E-state index contributed by atoms with van der Waals surface area (Å²) in [5, 5.41) is 2.82. The van der Waals surface area contributed by atoms with Crippen molar-refractivity contribution in [1.82, 2.24) is 9.29 Å². The Labute approximate surface area is 147 Å². The zero-order chi connectivity index (χ0) is 17.9. The Bertz CT molecular complexity index is 845. The van der Waals surface area contributed by atoms with Gasteiger partial charge in [0.25, 0.3) is 0 Å². The highest BCUT2D eigenvalue weighted by Gasteiger charge is 2.32. The summed E-state index contributed by atoms with van der Waals surface area (Å²) < 4.78 is 26.7. The number of carbonyl (C=O) groups excluding carboxylic acids is 1. The largest absolute Gasteiger partial charge is 0.310 e. The molecule has 1 aromatic heterocycles. The van der Waals surface area contributed by atoms with Crippen LogP contribution >= 0.6 is 0 Å².